The van der Waals surface area contributed by atoms with E-state index in [1.807, 2.05) is 0 Å². The van der Waals surface area contributed by atoms with Crippen LogP contribution in [0.25, 0.3) is 10.9 Å². The Morgan fingerprint density at radius 3 is 2.71 bits per heavy atom. The lowest BCUT2D eigenvalue weighted by Crippen LogP contribution is -2.34. The lowest BCUT2D eigenvalue weighted by Gasteiger charge is -2.31. The highest BCUT2D eigenvalue weighted by Crippen LogP contribution is 2.38. The molecular formula is C16H16F3N3O2. The molecule has 0 amide bonds. The summed E-state index contributed by atoms with van der Waals surface area (Å²) in [5, 5.41) is 14.5. The normalized spacial score (nSPS) is 21.6. The Morgan fingerprint density at radius 2 is 2.00 bits per heavy atom. The summed E-state index contributed by atoms with van der Waals surface area (Å²) in [7, 11) is 0. The number of fused-ring (bicyclic) bond motifs is 1. The van der Waals surface area contributed by atoms with Gasteiger partial charge in [-0.15, -0.1) is 0 Å². The molecule has 1 N–H and O–H groups in total. The van der Waals surface area contributed by atoms with E-state index in [0.29, 0.717) is 29.6 Å². The van der Waals surface area contributed by atoms with Gasteiger partial charge in [-0.05, 0) is 37.5 Å². The number of nitro benzene ring substituents is 1. The van der Waals surface area contributed by atoms with Gasteiger partial charge in [-0.3, -0.25) is 10.1 Å². The summed E-state index contributed by atoms with van der Waals surface area (Å²) < 4.78 is 38.6. The van der Waals surface area contributed by atoms with Gasteiger partial charge < -0.3 is 5.32 Å². The van der Waals surface area contributed by atoms with Gasteiger partial charge >= 0.3 is 6.18 Å². The molecule has 5 nitrogen and oxygen atoms in total. The smallest absolute Gasteiger partial charge is 0.367 e. The maximum Gasteiger partial charge on any atom is 0.391 e. The molecule has 0 aliphatic heterocycles. The monoisotopic (exact) mass is 339 g/mol. The van der Waals surface area contributed by atoms with Crippen molar-refractivity contribution in [3.63, 3.8) is 0 Å². The highest BCUT2D eigenvalue weighted by molar-refractivity contribution is 5.82. The van der Waals surface area contributed by atoms with Crippen molar-refractivity contribution in [2.24, 2.45) is 5.92 Å². The zero-order valence-corrected chi connectivity index (χ0v) is 12.7. The fourth-order valence-electron chi connectivity index (χ4n) is 3.13. The summed E-state index contributed by atoms with van der Waals surface area (Å²) in [6, 6.07) is 7.38. The lowest BCUT2D eigenvalue weighted by molar-refractivity contribution is -0.384. The largest absolute Gasteiger partial charge is 0.391 e. The predicted molar refractivity (Wildman–Crippen MR) is 83.8 cm³/mol. The maximum absolute atomic E-state index is 12.9. The van der Waals surface area contributed by atoms with Crippen LogP contribution < -0.4 is 5.32 Å². The molecule has 1 aromatic carbocycles. The van der Waals surface area contributed by atoms with Crippen molar-refractivity contribution < 1.29 is 18.1 Å². The molecule has 2 atom stereocenters. The minimum Gasteiger partial charge on any atom is -0.367 e. The molecule has 0 bridgehead atoms. The molecule has 24 heavy (non-hydrogen) atoms. The molecule has 1 heterocycles. The molecule has 1 saturated carbocycles. The molecule has 3 rings (SSSR count). The summed E-state index contributed by atoms with van der Waals surface area (Å²) in [5.41, 5.74) is 0.541. The molecule has 0 radical (unpaired) electrons. The van der Waals surface area contributed by atoms with Crippen molar-refractivity contribution >= 4 is 22.4 Å². The number of anilines is 1. The fraction of sp³-hybridized carbons (Fsp3) is 0.438. The Hall–Kier alpha value is -2.38. The fourth-order valence-corrected chi connectivity index (χ4v) is 3.13. The summed E-state index contributed by atoms with van der Waals surface area (Å²) in [6.45, 7) is 0. The first kappa shape index (κ1) is 16.5. The van der Waals surface area contributed by atoms with E-state index in [1.165, 1.54) is 18.2 Å². The Bertz CT molecular complexity index is 764. The zero-order chi connectivity index (χ0) is 17.3. The highest BCUT2D eigenvalue weighted by atomic mass is 19.4. The Labute approximate surface area is 136 Å². The topological polar surface area (TPSA) is 68.1 Å². The Balaban J connectivity index is 1.75. The van der Waals surface area contributed by atoms with Gasteiger partial charge in [-0.1, -0.05) is 6.42 Å². The van der Waals surface area contributed by atoms with Crippen LogP contribution in [0.15, 0.2) is 30.3 Å². The number of aromatic nitrogens is 1. The van der Waals surface area contributed by atoms with Crippen molar-refractivity contribution in [2.45, 2.75) is 37.9 Å². The number of nitro groups is 1. The number of hydrogen-bond donors (Lipinski definition) is 1. The number of nitrogens with zero attached hydrogens (tertiary/aromatic N) is 2. The summed E-state index contributed by atoms with van der Waals surface area (Å²) >= 11 is 0. The van der Waals surface area contributed by atoms with Crippen molar-refractivity contribution in [3.05, 3.63) is 40.4 Å². The van der Waals surface area contributed by atoms with Gasteiger partial charge in [-0.25, -0.2) is 4.98 Å². The van der Waals surface area contributed by atoms with E-state index in [-0.39, 0.29) is 24.6 Å². The zero-order valence-electron chi connectivity index (χ0n) is 12.7. The standard InChI is InChI=1S/C16H16F3N3O2/c17-16(18,19)11-2-1-3-12(9-11)20-15-7-4-10-8-13(22(23)24)5-6-14(10)21-15/h4-8,11-12H,1-3,9H2,(H,20,21). The first-order chi connectivity index (χ1) is 11.3. The van der Waals surface area contributed by atoms with E-state index in [9.17, 15) is 23.3 Å². The van der Waals surface area contributed by atoms with Gasteiger partial charge in [0, 0.05) is 23.6 Å². The number of non-ortho nitro benzene ring substituents is 1. The first-order valence-electron chi connectivity index (χ1n) is 7.71. The van der Waals surface area contributed by atoms with Gasteiger partial charge in [0.25, 0.3) is 5.69 Å². The molecule has 2 unspecified atom stereocenters. The number of halogens is 3. The number of hydrogen-bond acceptors (Lipinski definition) is 4. The molecule has 128 valence electrons. The molecular weight excluding hydrogens is 323 g/mol. The minimum absolute atomic E-state index is 0.0229. The molecule has 0 spiro atoms. The van der Waals surface area contributed by atoms with Crippen LogP contribution >= 0.6 is 0 Å². The van der Waals surface area contributed by atoms with Crippen LogP contribution in [-0.2, 0) is 0 Å². The van der Waals surface area contributed by atoms with E-state index in [2.05, 4.69) is 10.3 Å². The molecule has 1 fully saturated rings. The highest BCUT2D eigenvalue weighted by Gasteiger charge is 2.42. The summed E-state index contributed by atoms with van der Waals surface area (Å²) in [5.74, 6) is -0.781. The third kappa shape index (κ3) is 3.58. The molecule has 1 aromatic heterocycles. The number of rotatable bonds is 3. The Kier molecular flexibility index (Phi) is 4.29. The van der Waals surface area contributed by atoms with Crippen molar-refractivity contribution in [1.82, 2.24) is 4.98 Å². The predicted octanol–water partition coefficient (Wildman–Crippen LogP) is 4.68. The van der Waals surface area contributed by atoms with E-state index in [1.54, 1.807) is 12.1 Å². The second-order valence-corrected chi connectivity index (χ2v) is 6.08. The van der Waals surface area contributed by atoms with Crippen molar-refractivity contribution in [2.75, 3.05) is 5.32 Å². The maximum atomic E-state index is 12.9. The minimum atomic E-state index is -4.16. The third-order valence-electron chi connectivity index (χ3n) is 4.37. The summed E-state index contributed by atoms with van der Waals surface area (Å²) in [6.07, 6.45) is -2.73. The molecule has 8 heteroatoms. The first-order valence-corrected chi connectivity index (χ1v) is 7.71. The van der Waals surface area contributed by atoms with E-state index < -0.39 is 17.0 Å². The van der Waals surface area contributed by atoms with Crippen LogP contribution in [0.4, 0.5) is 24.7 Å². The molecule has 1 aliphatic carbocycles. The van der Waals surface area contributed by atoms with Crippen LogP contribution in [0.5, 0.6) is 0 Å². The van der Waals surface area contributed by atoms with Crippen LogP contribution in [0.2, 0.25) is 0 Å². The average Bonchev–Trinajstić information content (AvgIpc) is 2.53. The SMILES string of the molecule is O=[N+]([O-])c1ccc2nc(NC3CCCC(C(F)(F)F)C3)ccc2c1. The Morgan fingerprint density at radius 1 is 1.21 bits per heavy atom. The van der Waals surface area contributed by atoms with E-state index >= 15 is 0 Å². The van der Waals surface area contributed by atoms with Crippen LogP contribution in [0.3, 0.4) is 0 Å². The van der Waals surface area contributed by atoms with Gasteiger partial charge in [-0.2, -0.15) is 13.2 Å². The van der Waals surface area contributed by atoms with Crippen LogP contribution in [-0.4, -0.2) is 22.1 Å². The summed E-state index contributed by atoms with van der Waals surface area (Å²) in [4.78, 5) is 14.6. The second kappa shape index (κ2) is 6.26. The number of benzene rings is 1. The quantitative estimate of drug-likeness (QED) is 0.651. The van der Waals surface area contributed by atoms with Crippen LogP contribution in [0.1, 0.15) is 25.7 Å². The average molecular weight is 339 g/mol. The van der Waals surface area contributed by atoms with E-state index in [4.69, 9.17) is 0 Å². The van der Waals surface area contributed by atoms with Gasteiger partial charge in [0.2, 0.25) is 0 Å². The van der Waals surface area contributed by atoms with Crippen molar-refractivity contribution in [3.8, 4) is 0 Å². The van der Waals surface area contributed by atoms with Crippen LogP contribution in [0, 0.1) is 16.0 Å². The molecule has 0 saturated heterocycles. The number of pyridine rings is 1. The lowest BCUT2D eigenvalue weighted by atomic mass is 9.85. The van der Waals surface area contributed by atoms with Gasteiger partial charge in [0.1, 0.15) is 5.82 Å². The van der Waals surface area contributed by atoms with Gasteiger partial charge in [0.15, 0.2) is 0 Å². The molecule has 1 aliphatic rings. The third-order valence-corrected chi connectivity index (χ3v) is 4.37. The number of alkyl halides is 3. The molecule has 2 aromatic rings. The van der Waals surface area contributed by atoms with Crippen molar-refractivity contribution in [1.29, 1.82) is 0 Å². The second-order valence-electron chi connectivity index (χ2n) is 6.08. The van der Waals surface area contributed by atoms with E-state index in [0.717, 1.165) is 0 Å². The van der Waals surface area contributed by atoms with Gasteiger partial charge in [0.05, 0.1) is 16.4 Å². The number of nitrogens with one attached hydrogen (secondary N) is 1.